The molecular formula is C21H20FN3O4S. The number of methoxy groups -OCH3 is 1. The summed E-state index contributed by atoms with van der Waals surface area (Å²) in [5.74, 6) is -1.04. The third-order valence-electron chi connectivity index (χ3n) is 4.37. The van der Waals surface area contributed by atoms with Crippen molar-refractivity contribution in [1.82, 2.24) is 5.32 Å². The van der Waals surface area contributed by atoms with Crippen molar-refractivity contribution in [2.75, 3.05) is 17.8 Å². The summed E-state index contributed by atoms with van der Waals surface area (Å²) in [6.07, 6.45) is -0.329. The normalized spacial score (nSPS) is 14.9. The number of nitrogens with one attached hydrogen (secondary N) is 1. The molecule has 1 atom stereocenters. The second-order valence-corrected chi connectivity index (χ2v) is 7.46. The molecule has 2 aromatic carbocycles. The van der Waals surface area contributed by atoms with Crippen LogP contribution in [0.4, 0.5) is 10.1 Å². The molecule has 2 aromatic rings. The van der Waals surface area contributed by atoms with Crippen molar-refractivity contribution < 1.29 is 23.5 Å². The Morgan fingerprint density at radius 1 is 1.20 bits per heavy atom. The van der Waals surface area contributed by atoms with Crippen LogP contribution >= 0.6 is 11.8 Å². The van der Waals surface area contributed by atoms with E-state index < -0.39 is 11.8 Å². The lowest BCUT2D eigenvalue weighted by Crippen LogP contribution is -2.41. The van der Waals surface area contributed by atoms with Gasteiger partial charge in [-0.1, -0.05) is 23.9 Å². The monoisotopic (exact) mass is 429 g/mol. The lowest BCUT2D eigenvalue weighted by molar-refractivity contribution is -0.126. The zero-order chi connectivity index (χ0) is 21.7. The highest BCUT2D eigenvalue weighted by atomic mass is 32.2. The number of amides is 3. The van der Waals surface area contributed by atoms with E-state index >= 15 is 0 Å². The SMILES string of the molecule is COc1ccc(N2C(=O)CC(=O)N=C2SCC(=O)N[C@@H](C)c2ccc(F)cc2)cc1. The van der Waals surface area contributed by atoms with E-state index in [2.05, 4.69) is 10.3 Å². The molecule has 1 aliphatic heterocycles. The van der Waals surface area contributed by atoms with E-state index in [4.69, 9.17) is 4.74 Å². The smallest absolute Gasteiger partial charge is 0.257 e. The van der Waals surface area contributed by atoms with Crippen LogP contribution in [0.5, 0.6) is 5.75 Å². The Morgan fingerprint density at radius 2 is 1.87 bits per heavy atom. The molecule has 3 amide bonds. The van der Waals surface area contributed by atoms with Crippen molar-refractivity contribution in [3.05, 3.63) is 59.9 Å². The molecule has 1 heterocycles. The third-order valence-corrected chi connectivity index (χ3v) is 5.31. The fourth-order valence-corrected chi connectivity index (χ4v) is 3.69. The van der Waals surface area contributed by atoms with Gasteiger partial charge < -0.3 is 10.1 Å². The number of nitrogens with zero attached hydrogens (tertiary/aromatic N) is 2. The minimum absolute atomic E-state index is 0.0441. The summed E-state index contributed by atoms with van der Waals surface area (Å²) in [5.41, 5.74) is 1.29. The minimum atomic E-state index is -0.549. The van der Waals surface area contributed by atoms with E-state index in [1.807, 2.05) is 0 Å². The molecule has 0 aliphatic carbocycles. The molecule has 0 bridgehead atoms. The van der Waals surface area contributed by atoms with E-state index in [-0.39, 0.29) is 35.1 Å². The number of carbonyl (C=O) groups is 3. The highest BCUT2D eigenvalue weighted by Crippen LogP contribution is 2.26. The van der Waals surface area contributed by atoms with Crippen LogP contribution in [0.15, 0.2) is 53.5 Å². The molecule has 0 aromatic heterocycles. The molecule has 0 spiro atoms. The number of benzene rings is 2. The molecule has 156 valence electrons. The summed E-state index contributed by atoms with van der Waals surface area (Å²) in [5, 5.41) is 2.95. The van der Waals surface area contributed by atoms with Gasteiger partial charge in [0.2, 0.25) is 11.8 Å². The molecule has 0 saturated carbocycles. The first-order chi connectivity index (χ1) is 14.4. The molecule has 0 radical (unpaired) electrons. The summed E-state index contributed by atoms with van der Waals surface area (Å²) < 4.78 is 18.2. The second kappa shape index (κ2) is 9.53. The number of rotatable bonds is 6. The minimum Gasteiger partial charge on any atom is -0.497 e. The maximum absolute atomic E-state index is 13.1. The van der Waals surface area contributed by atoms with Crippen LogP contribution in [0.1, 0.15) is 24.9 Å². The second-order valence-electron chi connectivity index (χ2n) is 6.52. The molecule has 9 heteroatoms. The first-order valence-corrected chi connectivity index (χ1v) is 10.1. The number of amidine groups is 1. The number of halogens is 1. The molecular weight excluding hydrogens is 409 g/mol. The van der Waals surface area contributed by atoms with Gasteiger partial charge in [0.25, 0.3) is 5.91 Å². The van der Waals surface area contributed by atoms with E-state index in [0.29, 0.717) is 11.4 Å². The van der Waals surface area contributed by atoms with Crippen LogP contribution in [0.3, 0.4) is 0 Å². The Kier molecular flexibility index (Phi) is 6.83. The van der Waals surface area contributed by atoms with Gasteiger partial charge in [0.1, 0.15) is 18.0 Å². The fraction of sp³-hybridized carbons (Fsp3) is 0.238. The maximum Gasteiger partial charge on any atom is 0.257 e. The highest BCUT2D eigenvalue weighted by molar-refractivity contribution is 8.14. The number of carbonyl (C=O) groups excluding carboxylic acids is 3. The molecule has 0 unspecified atom stereocenters. The Morgan fingerprint density at radius 3 is 2.50 bits per heavy atom. The lowest BCUT2D eigenvalue weighted by Gasteiger charge is -2.26. The predicted octanol–water partition coefficient (Wildman–Crippen LogP) is 3.06. The molecule has 7 nitrogen and oxygen atoms in total. The number of aliphatic imine (C=N–C) groups is 1. The van der Waals surface area contributed by atoms with Gasteiger partial charge in [-0.05, 0) is 48.9 Å². The lowest BCUT2D eigenvalue weighted by atomic mass is 10.1. The van der Waals surface area contributed by atoms with E-state index in [0.717, 1.165) is 17.3 Å². The van der Waals surface area contributed by atoms with Crippen LogP contribution < -0.4 is 15.0 Å². The quantitative estimate of drug-likeness (QED) is 0.713. The standard InChI is InChI=1S/C21H20FN3O4S/c1-13(14-3-5-15(22)6-4-14)23-19(27)12-30-21-24-18(26)11-20(28)25(21)16-7-9-17(29-2)10-8-16/h3-10,13H,11-12H2,1-2H3,(H,23,27)/t13-/m0/s1. The zero-order valence-electron chi connectivity index (χ0n) is 16.4. The Balaban J connectivity index is 1.67. The fourth-order valence-electron chi connectivity index (χ4n) is 2.84. The van der Waals surface area contributed by atoms with Gasteiger partial charge in [-0.25, -0.2) is 4.39 Å². The molecule has 1 aliphatic rings. The molecule has 30 heavy (non-hydrogen) atoms. The first-order valence-electron chi connectivity index (χ1n) is 9.13. The summed E-state index contributed by atoms with van der Waals surface area (Å²) in [7, 11) is 1.54. The van der Waals surface area contributed by atoms with Gasteiger partial charge in [-0.15, -0.1) is 0 Å². The number of hydrogen-bond acceptors (Lipinski definition) is 5. The Hall–Kier alpha value is -3.20. The Labute approximate surface area is 177 Å². The average molecular weight is 429 g/mol. The van der Waals surface area contributed by atoms with E-state index in [1.54, 1.807) is 43.3 Å². The van der Waals surface area contributed by atoms with Crippen molar-refractivity contribution >= 4 is 40.3 Å². The summed E-state index contributed by atoms with van der Waals surface area (Å²) >= 11 is 0.996. The topological polar surface area (TPSA) is 88.1 Å². The maximum atomic E-state index is 13.1. The largest absolute Gasteiger partial charge is 0.497 e. The van der Waals surface area contributed by atoms with Crippen LogP contribution in [-0.2, 0) is 14.4 Å². The van der Waals surface area contributed by atoms with Crippen molar-refractivity contribution in [2.45, 2.75) is 19.4 Å². The summed E-state index contributed by atoms with van der Waals surface area (Å²) in [6.45, 7) is 1.78. The van der Waals surface area contributed by atoms with Gasteiger partial charge >= 0.3 is 0 Å². The molecule has 1 N–H and O–H groups in total. The predicted molar refractivity (Wildman–Crippen MR) is 113 cm³/mol. The Bertz CT molecular complexity index is 977. The first kappa shape index (κ1) is 21.5. The van der Waals surface area contributed by atoms with Crippen LogP contribution in [-0.4, -0.2) is 35.8 Å². The molecule has 0 saturated heterocycles. The van der Waals surface area contributed by atoms with E-state index in [1.165, 1.54) is 24.1 Å². The van der Waals surface area contributed by atoms with Crippen molar-refractivity contribution in [3.8, 4) is 5.75 Å². The third kappa shape index (κ3) is 5.24. The van der Waals surface area contributed by atoms with Gasteiger partial charge in [0.15, 0.2) is 5.17 Å². The van der Waals surface area contributed by atoms with Crippen LogP contribution in [0.25, 0.3) is 0 Å². The molecule has 3 rings (SSSR count). The summed E-state index contributed by atoms with van der Waals surface area (Å²) in [4.78, 5) is 41.9. The highest BCUT2D eigenvalue weighted by Gasteiger charge is 2.30. The van der Waals surface area contributed by atoms with Crippen molar-refractivity contribution in [1.29, 1.82) is 0 Å². The van der Waals surface area contributed by atoms with Crippen molar-refractivity contribution in [3.63, 3.8) is 0 Å². The number of ether oxygens (including phenoxy) is 1. The number of anilines is 1. The number of thioether (sulfide) groups is 1. The van der Waals surface area contributed by atoms with Crippen LogP contribution in [0.2, 0.25) is 0 Å². The number of hydrogen-bond donors (Lipinski definition) is 1. The average Bonchev–Trinajstić information content (AvgIpc) is 2.72. The van der Waals surface area contributed by atoms with Gasteiger partial charge in [0.05, 0.1) is 24.6 Å². The van der Waals surface area contributed by atoms with E-state index in [9.17, 15) is 18.8 Å². The molecule has 0 fully saturated rings. The van der Waals surface area contributed by atoms with Gasteiger partial charge in [-0.2, -0.15) is 4.99 Å². The van der Waals surface area contributed by atoms with Gasteiger partial charge in [0, 0.05) is 0 Å². The summed E-state index contributed by atoms with van der Waals surface area (Å²) in [6, 6.07) is 12.3. The van der Waals surface area contributed by atoms with Gasteiger partial charge in [-0.3, -0.25) is 19.3 Å². The van der Waals surface area contributed by atoms with Crippen LogP contribution in [0, 0.1) is 5.82 Å². The zero-order valence-corrected chi connectivity index (χ0v) is 17.2. The van der Waals surface area contributed by atoms with Crippen molar-refractivity contribution in [2.24, 2.45) is 4.99 Å².